The number of rotatable bonds is 3. The van der Waals surface area contributed by atoms with Gasteiger partial charge in [-0.25, -0.2) is 9.97 Å². The van der Waals surface area contributed by atoms with Gasteiger partial charge in [0.1, 0.15) is 11.2 Å². The average molecular weight is 315 g/mol. The van der Waals surface area contributed by atoms with Gasteiger partial charge in [0, 0.05) is 11.6 Å². The second-order valence-corrected chi connectivity index (χ2v) is 4.83. The Kier molecular flexibility index (Phi) is 3.42. The standard InChI is InChI=1S/C15H11BrN2O/c16-15-14(6-3-9-17-15)19-10-12-8-7-11-4-1-2-5-13(11)18-12/h1-9H,10H2. The van der Waals surface area contributed by atoms with Gasteiger partial charge in [0.25, 0.3) is 0 Å². The molecule has 0 amide bonds. The van der Waals surface area contributed by atoms with E-state index in [4.69, 9.17) is 4.74 Å². The van der Waals surface area contributed by atoms with Gasteiger partial charge >= 0.3 is 0 Å². The summed E-state index contributed by atoms with van der Waals surface area (Å²) >= 11 is 3.35. The minimum Gasteiger partial charge on any atom is -0.484 e. The van der Waals surface area contributed by atoms with Crippen molar-refractivity contribution in [1.29, 1.82) is 0 Å². The summed E-state index contributed by atoms with van der Waals surface area (Å²) in [5, 5.41) is 1.13. The molecule has 4 heteroatoms. The summed E-state index contributed by atoms with van der Waals surface area (Å²) in [4.78, 5) is 8.67. The minimum atomic E-state index is 0.426. The van der Waals surface area contributed by atoms with Gasteiger partial charge in [-0.1, -0.05) is 24.3 Å². The maximum Gasteiger partial charge on any atom is 0.152 e. The van der Waals surface area contributed by atoms with Crippen LogP contribution in [0, 0.1) is 0 Å². The molecule has 3 aromatic rings. The number of halogens is 1. The van der Waals surface area contributed by atoms with Crippen LogP contribution in [-0.4, -0.2) is 9.97 Å². The van der Waals surface area contributed by atoms with E-state index in [9.17, 15) is 0 Å². The van der Waals surface area contributed by atoms with Crippen LogP contribution in [0.3, 0.4) is 0 Å². The molecule has 0 unspecified atom stereocenters. The van der Waals surface area contributed by atoms with Crippen LogP contribution < -0.4 is 4.74 Å². The molecule has 2 aromatic heterocycles. The predicted octanol–water partition coefficient (Wildman–Crippen LogP) is 3.97. The van der Waals surface area contributed by atoms with Crippen LogP contribution in [-0.2, 0) is 6.61 Å². The second kappa shape index (κ2) is 5.36. The molecule has 0 aliphatic rings. The summed E-state index contributed by atoms with van der Waals surface area (Å²) in [6.07, 6.45) is 1.71. The van der Waals surface area contributed by atoms with Crippen LogP contribution in [0.15, 0.2) is 59.3 Å². The number of ether oxygens (including phenoxy) is 1. The molecular formula is C15H11BrN2O. The Morgan fingerprint density at radius 2 is 1.89 bits per heavy atom. The smallest absolute Gasteiger partial charge is 0.152 e. The summed E-state index contributed by atoms with van der Waals surface area (Å²) in [7, 11) is 0. The minimum absolute atomic E-state index is 0.426. The van der Waals surface area contributed by atoms with E-state index in [2.05, 4.69) is 32.0 Å². The molecular weight excluding hydrogens is 304 g/mol. The molecule has 3 rings (SSSR count). The van der Waals surface area contributed by atoms with E-state index in [0.29, 0.717) is 11.2 Å². The number of para-hydroxylation sites is 1. The second-order valence-electron chi connectivity index (χ2n) is 4.08. The Morgan fingerprint density at radius 3 is 2.79 bits per heavy atom. The maximum atomic E-state index is 5.70. The summed E-state index contributed by atoms with van der Waals surface area (Å²) in [6.45, 7) is 0.426. The highest BCUT2D eigenvalue weighted by Crippen LogP contribution is 2.22. The van der Waals surface area contributed by atoms with Crippen LogP contribution in [0.5, 0.6) is 5.75 Å². The van der Waals surface area contributed by atoms with Crippen LogP contribution in [0.2, 0.25) is 0 Å². The van der Waals surface area contributed by atoms with E-state index in [1.54, 1.807) is 6.20 Å². The average Bonchev–Trinajstić information content (AvgIpc) is 2.46. The first kappa shape index (κ1) is 12.1. The first-order valence-electron chi connectivity index (χ1n) is 5.91. The molecule has 0 saturated heterocycles. The Hall–Kier alpha value is -1.94. The lowest BCUT2D eigenvalue weighted by molar-refractivity contribution is 0.298. The maximum absolute atomic E-state index is 5.70. The van der Waals surface area contributed by atoms with Gasteiger partial charge < -0.3 is 4.74 Å². The zero-order valence-electron chi connectivity index (χ0n) is 10.1. The highest BCUT2D eigenvalue weighted by molar-refractivity contribution is 9.10. The first-order chi connectivity index (χ1) is 9.33. The largest absolute Gasteiger partial charge is 0.484 e. The molecule has 19 heavy (non-hydrogen) atoms. The highest BCUT2D eigenvalue weighted by atomic mass is 79.9. The molecule has 0 N–H and O–H groups in total. The number of hydrogen-bond acceptors (Lipinski definition) is 3. The number of pyridine rings is 2. The Labute approximate surface area is 119 Å². The first-order valence-corrected chi connectivity index (χ1v) is 6.70. The van der Waals surface area contributed by atoms with E-state index < -0.39 is 0 Å². The highest BCUT2D eigenvalue weighted by Gasteiger charge is 2.03. The van der Waals surface area contributed by atoms with Gasteiger partial charge in [0.15, 0.2) is 5.75 Å². The summed E-state index contributed by atoms with van der Waals surface area (Å²) in [5.74, 6) is 0.720. The monoisotopic (exact) mass is 314 g/mol. The molecule has 3 nitrogen and oxygen atoms in total. The number of fused-ring (bicyclic) bond motifs is 1. The fraction of sp³-hybridized carbons (Fsp3) is 0.0667. The van der Waals surface area contributed by atoms with E-state index in [1.165, 1.54) is 0 Å². The van der Waals surface area contributed by atoms with E-state index in [0.717, 1.165) is 22.3 Å². The third kappa shape index (κ3) is 2.74. The molecule has 0 fully saturated rings. The third-order valence-electron chi connectivity index (χ3n) is 2.76. The molecule has 94 valence electrons. The quantitative estimate of drug-likeness (QED) is 0.686. The van der Waals surface area contributed by atoms with Crippen molar-refractivity contribution in [3.8, 4) is 5.75 Å². The zero-order chi connectivity index (χ0) is 13.1. The molecule has 0 spiro atoms. The van der Waals surface area contributed by atoms with E-state index in [1.807, 2.05) is 42.5 Å². The van der Waals surface area contributed by atoms with Crippen molar-refractivity contribution in [2.45, 2.75) is 6.61 Å². The molecule has 0 aliphatic heterocycles. The van der Waals surface area contributed by atoms with Crippen molar-refractivity contribution in [1.82, 2.24) is 9.97 Å². The van der Waals surface area contributed by atoms with Crippen molar-refractivity contribution in [2.75, 3.05) is 0 Å². The molecule has 1 aromatic carbocycles. The number of hydrogen-bond donors (Lipinski definition) is 0. The van der Waals surface area contributed by atoms with Gasteiger partial charge in [-0.15, -0.1) is 0 Å². The molecule has 0 aliphatic carbocycles. The normalized spacial score (nSPS) is 10.6. The molecule has 2 heterocycles. The van der Waals surface area contributed by atoms with Crippen LogP contribution in [0.25, 0.3) is 10.9 Å². The fourth-order valence-electron chi connectivity index (χ4n) is 1.82. The Balaban J connectivity index is 1.80. The number of aromatic nitrogens is 2. The van der Waals surface area contributed by atoms with Crippen molar-refractivity contribution in [2.24, 2.45) is 0 Å². The van der Waals surface area contributed by atoms with Gasteiger partial charge in [-0.2, -0.15) is 0 Å². The van der Waals surface area contributed by atoms with E-state index in [-0.39, 0.29) is 0 Å². The summed E-state index contributed by atoms with van der Waals surface area (Å²) in [6, 6.07) is 15.8. The summed E-state index contributed by atoms with van der Waals surface area (Å²) < 4.78 is 6.40. The summed E-state index contributed by atoms with van der Waals surface area (Å²) in [5.41, 5.74) is 1.88. The molecule has 0 atom stereocenters. The fourth-order valence-corrected chi connectivity index (χ4v) is 2.18. The van der Waals surface area contributed by atoms with Gasteiger partial charge in [-0.3, -0.25) is 0 Å². The van der Waals surface area contributed by atoms with E-state index >= 15 is 0 Å². The molecule has 0 radical (unpaired) electrons. The van der Waals surface area contributed by atoms with Crippen LogP contribution in [0.1, 0.15) is 5.69 Å². The zero-order valence-corrected chi connectivity index (χ0v) is 11.7. The number of benzene rings is 1. The lowest BCUT2D eigenvalue weighted by Gasteiger charge is -2.07. The van der Waals surface area contributed by atoms with Gasteiger partial charge in [-0.05, 0) is 40.2 Å². The van der Waals surface area contributed by atoms with Gasteiger partial charge in [0.2, 0.25) is 0 Å². The predicted molar refractivity (Wildman–Crippen MR) is 78.0 cm³/mol. The van der Waals surface area contributed by atoms with Crippen molar-refractivity contribution in [3.63, 3.8) is 0 Å². The van der Waals surface area contributed by atoms with Crippen LogP contribution in [0.4, 0.5) is 0 Å². The Morgan fingerprint density at radius 1 is 1.00 bits per heavy atom. The Bertz CT molecular complexity index is 715. The van der Waals surface area contributed by atoms with Crippen LogP contribution >= 0.6 is 15.9 Å². The third-order valence-corrected chi connectivity index (χ3v) is 3.35. The number of nitrogens with zero attached hydrogens (tertiary/aromatic N) is 2. The SMILES string of the molecule is Brc1ncccc1OCc1ccc2ccccc2n1. The van der Waals surface area contributed by atoms with Gasteiger partial charge in [0.05, 0.1) is 11.2 Å². The molecule has 0 bridgehead atoms. The lowest BCUT2D eigenvalue weighted by Crippen LogP contribution is -1.99. The van der Waals surface area contributed by atoms with Crippen molar-refractivity contribution < 1.29 is 4.74 Å². The van der Waals surface area contributed by atoms with Crippen molar-refractivity contribution >= 4 is 26.8 Å². The lowest BCUT2D eigenvalue weighted by atomic mass is 10.2. The van der Waals surface area contributed by atoms with Crippen molar-refractivity contribution in [3.05, 3.63) is 65.0 Å². The molecule has 0 saturated carbocycles. The topological polar surface area (TPSA) is 35.0 Å².